The molecule has 0 aliphatic carbocycles. The fraction of sp³-hybridized carbons (Fsp3) is 0.360. The third-order valence-corrected chi connectivity index (χ3v) is 5.99. The van der Waals surface area contributed by atoms with E-state index >= 15 is 0 Å². The molecule has 3 N–H and O–H groups in total. The summed E-state index contributed by atoms with van der Waals surface area (Å²) in [6, 6.07) is 1.60. The largest absolute Gasteiger partial charge is 0.478 e. The lowest BCUT2D eigenvalue weighted by atomic mass is 9.92. The van der Waals surface area contributed by atoms with Crippen LogP contribution >= 0.6 is 24.2 Å². The third kappa shape index (κ3) is 9.03. The van der Waals surface area contributed by atoms with E-state index in [2.05, 4.69) is 22.6 Å². The number of alkyl halides is 2. The van der Waals surface area contributed by atoms with E-state index in [0.717, 1.165) is 24.5 Å². The van der Waals surface area contributed by atoms with Gasteiger partial charge in [-0.15, -0.1) is 12.6 Å². The molecule has 1 heterocycles. The fourth-order valence-electron chi connectivity index (χ4n) is 3.95. The monoisotopic (exact) mass is 572 g/mol. The smallest absolute Gasteiger partial charge is 0.336 e. The molecule has 13 heteroatoms. The number of likely N-dealkylation sites (tertiary alicyclic amines) is 1. The van der Waals surface area contributed by atoms with E-state index in [9.17, 15) is 22.8 Å². The van der Waals surface area contributed by atoms with Crippen LogP contribution < -0.4 is 5.73 Å². The van der Waals surface area contributed by atoms with Crippen molar-refractivity contribution in [1.82, 2.24) is 4.90 Å². The Bertz CT molecular complexity index is 1160. The van der Waals surface area contributed by atoms with Gasteiger partial charge in [0.05, 0.1) is 25.1 Å². The molecular weight excluding hydrogens is 545 g/mol. The highest BCUT2D eigenvalue weighted by Gasteiger charge is 2.40. The molecule has 0 spiro atoms. The number of halogens is 4. The van der Waals surface area contributed by atoms with Gasteiger partial charge in [-0.2, -0.15) is 0 Å². The number of nitrogens with zero attached hydrogens (tertiary/aromatic N) is 3. The summed E-state index contributed by atoms with van der Waals surface area (Å²) < 4.78 is 48.0. The molecule has 0 bridgehead atoms. The molecule has 0 radical (unpaired) electrons. The summed E-state index contributed by atoms with van der Waals surface area (Å²) in [6.45, 7) is 0.583. The molecule has 0 saturated carbocycles. The summed E-state index contributed by atoms with van der Waals surface area (Å²) in [5, 5.41) is 10.3. The molecule has 38 heavy (non-hydrogen) atoms. The standard InChI is InChI=1S/C25H28ClF3N4O4S/c1-2-37-24(36)22(23(32-15-30)19-5-3-17(27)11-20(19)26)16(12-31-9-10-38)13-33-14-25(28,29)8-7-18(33)4-6-21(34)35/h3-6,9-12,15,18,23,38H,2,7-8,13-14H2,1H3,(H2,30,32)(H,34,35)/b6-4+,10-9-,22-16-,31-12+/t18?,23-/m0/s1. The minimum atomic E-state index is -3.06. The van der Waals surface area contributed by atoms with Crippen molar-refractivity contribution in [2.75, 3.05) is 19.7 Å². The minimum absolute atomic E-state index is 0.0226. The molecule has 1 aromatic rings. The lowest BCUT2D eigenvalue weighted by Crippen LogP contribution is -2.49. The number of hydrogen-bond acceptors (Lipinski definition) is 7. The lowest BCUT2D eigenvalue weighted by molar-refractivity contribution is -0.139. The Labute approximate surface area is 228 Å². The number of aliphatic imine (C=N–C) groups is 2. The normalized spacial score (nSPS) is 19.9. The number of esters is 1. The highest BCUT2D eigenvalue weighted by atomic mass is 35.5. The zero-order chi connectivity index (χ0) is 28.3. The molecule has 1 aliphatic rings. The molecule has 0 aromatic heterocycles. The highest BCUT2D eigenvalue weighted by Crippen LogP contribution is 2.36. The average molecular weight is 573 g/mol. The maximum Gasteiger partial charge on any atom is 0.336 e. The van der Waals surface area contributed by atoms with E-state index in [-0.39, 0.29) is 41.3 Å². The van der Waals surface area contributed by atoms with Crippen LogP contribution in [0.1, 0.15) is 31.4 Å². The van der Waals surface area contributed by atoms with Gasteiger partial charge in [-0.3, -0.25) is 14.9 Å². The van der Waals surface area contributed by atoms with Crippen LogP contribution in [0.2, 0.25) is 5.02 Å². The number of piperidine rings is 1. The second-order valence-electron chi connectivity index (χ2n) is 8.17. The molecule has 8 nitrogen and oxygen atoms in total. The molecule has 0 amide bonds. The molecule has 1 aromatic carbocycles. The third-order valence-electron chi connectivity index (χ3n) is 5.53. The predicted molar refractivity (Wildman–Crippen MR) is 143 cm³/mol. The van der Waals surface area contributed by atoms with Crippen LogP contribution in [-0.2, 0) is 14.3 Å². The molecule has 1 unspecified atom stereocenters. The van der Waals surface area contributed by atoms with E-state index in [1.54, 1.807) is 6.92 Å². The topological polar surface area (TPSA) is 118 Å². The molecule has 1 fully saturated rings. The quantitative estimate of drug-likeness (QED) is 0.117. The second-order valence-corrected chi connectivity index (χ2v) is 8.87. The molecule has 2 rings (SSSR count). The highest BCUT2D eigenvalue weighted by molar-refractivity contribution is 7.83. The SMILES string of the molecule is CCOC(=O)/C(=C(/C=N/C=C\S)CN1CC(F)(F)CCC1/C=C/C(=O)O)[C@@H](N=CN)c1ccc(F)cc1Cl. The number of thiol groups is 1. The van der Waals surface area contributed by atoms with Crippen LogP contribution in [0.25, 0.3) is 0 Å². The summed E-state index contributed by atoms with van der Waals surface area (Å²) in [5.74, 6) is -5.75. The summed E-state index contributed by atoms with van der Waals surface area (Å²) in [7, 11) is 0. The number of aliphatic carboxylic acids is 1. The van der Waals surface area contributed by atoms with Gasteiger partial charge in [0.15, 0.2) is 0 Å². The summed E-state index contributed by atoms with van der Waals surface area (Å²) in [4.78, 5) is 34.0. The van der Waals surface area contributed by atoms with Crippen molar-refractivity contribution >= 4 is 48.7 Å². The van der Waals surface area contributed by atoms with Crippen molar-refractivity contribution in [2.24, 2.45) is 15.7 Å². The first-order valence-electron chi connectivity index (χ1n) is 11.5. The number of ether oxygens (including phenoxy) is 1. The lowest BCUT2D eigenvalue weighted by Gasteiger charge is -2.38. The van der Waals surface area contributed by atoms with E-state index in [4.69, 9.17) is 27.2 Å². The molecule has 1 saturated heterocycles. The summed E-state index contributed by atoms with van der Waals surface area (Å²) in [5.41, 5.74) is 5.79. The Balaban J connectivity index is 2.77. The minimum Gasteiger partial charge on any atom is -0.478 e. The van der Waals surface area contributed by atoms with Crippen molar-refractivity contribution < 1.29 is 32.6 Å². The van der Waals surface area contributed by atoms with Crippen LogP contribution in [0, 0.1) is 5.82 Å². The van der Waals surface area contributed by atoms with Crippen LogP contribution in [0.5, 0.6) is 0 Å². The van der Waals surface area contributed by atoms with Gasteiger partial charge in [0.25, 0.3) is 5.92 Å². The maximum atomic E-state index is 14.5. The van der Waals surface area contributed by atoms with Crippen LogP contribution in [0.3, 0.4) is 0 Å². The van der Waals surface area contributed by atoms with Crippen molar-refractivity contribution in [3.63, 3.8) is 0 Å². The van der Waals surface area contributed by atoms with Crippen molar-refractivity contribution in [3.05, 3.63) is 69.5 Å². The Morgan fingerprint density at radius 2 is 2.16 bits per heavy atom. The Morgan fingerprint density at radius 1 is 1.42 bits per heavy atom. The second kappa shape index (κ2) is 14.7. The van der Waals surface area contributed by atoms with Gasteiger partial charge in [-0.25, -0.2) is 22.8 Å². The predicted octanol–water partition coefficient (Wildman–Crippen LogP) is 4.58. The number of carbonyl (C=O) groups excluding carboxylic acids is 1. The zero-order valence-corrected chi connectivity index (χ0v) is 22.1. The fourth-order valence-corrected chi connectivity index (χ4v) is 4.30. The maximum absolute atomic E-state index is 14.5. The van der Waals surface area contributed by atoms with Gasteiger partial charge in [0.1, 0.15) is 11.9 Å². The van der Waals surface area contributed by atoms with Gasteiger partial charge in [-0.1, -0.05) is 23.7 Å². The van der Waals surface area contributed by atoms with Crippen LogP contribution in [-0.4, -0.2) is 66.2 Å². The Morgan fingerprint density at radius 3 is 2.76 bits per heavy atom. The summed E-state index contributed by atoms with van der Waals surface area (Å²) >= 11 is 10.2. The van der Waals surface area contributed by atoms with E-state index in [0.29, 0.717) is 0 Å². The molecule has 2 atom stereocenters. The average Bonchev–Trinajstić information content (AvgIpc) is 2.83. The zero-order valence-electron chi connectivity index (χ0n) is 20.4. The van der Waals surface area contributed by atoms with Crippen LogP contribution in [0.15, 0.2) is 63.1 Å². The number of carboxylic acids is 1. The number of rotatable bonds is 11. The van der Waals surface area contributed by atoms with Gasteiger partial charge in [0, 0.05) is 48.1 Å². The number of hydrogen-bond donors (Lipinski definition) is 3. The van der Waals surface area contributed by atoms with Crippen molar-refractivity contribution in [2.45, 2.75) is 37.8 Å². The van der Waals surface area contributed by atoms with Crippen molar-refractivity contribution in [1.29, 1.82) is 0 Å². The van der Waals surface area contributed by atoms with Gasteiger partial charge in [0.2, 0.25) is 0 Å². The molecule has 206 valence electrons. The Kier molecular flexibility index (Phi) is 12.1. The molecular formula is C25H28ClF3N4O4S. The van der Waals surface area contributed by atoms with Gasteiger partial charge >= 0.3 is 11.9 Å². The first-order valence-corrected chi connectivity index (χ1v) is 12.4. The van der Waals surface area contributed by atoms with Crippen molar-refractivity contribution in [3.8, 4) is 0 Å². The first-order chi connectivity index (χ1) is 18.0. The first kappa shape index (κ1) is 31.1. The summed E-state index contributed by atoms with van der Waals surface area (Å²) in [6.07, 6.45) is 5.22. The van der Waals surface area contributed by atoms with E-state index < -0.39 is 48.7 Å². The number of carbonyl (C=O) groups is 2. The van der Waals surface area contributed by atoms with Crippen LogP contribution in [0.4, 0.5) is 13.2 Å². The van der Waals surface area contributed by atoms with Gasteiger partial charge in [-0.05, 0) is 36.5 Å². The molecule has 1 aliphatic heterocycles. The van der Waals surface area contributed by atoms with Gasteiger partial charge < -0.3 is 15.6 Å². The number of benzene rings is 1. The van der Waals surface area contributed by atoms with E-state index in [1.165, 1.54) is 34.9 Å². The number of nitrogens with two attached hydrogens (primary N) is 1. The number of carboxylic acid groups (broad SMARTS) is 1. The Hall–Kier alpha value is -3.09. The van der Waals surface area contributed by atoms with E-state index in [1.807, 2.05) is 0 Å².